The summed E-state index contributed by atoms with van der Waals surface area (Å²) in [6.07, 6.45) is 3.38. The van der Waals surface area contributed by atoms with E-state index in [0.717, 1.165) is 15.4 Å². The van der Waals surface area contributed by atoms with Gasteiger partial charge in [-0.25, -0.2) is 4.98 Å². The summed E-state index contributed by atoms with van der Waals surface area (Å²) in [6.45, 7) is 0. The van der Waals surface area contributed by atoms with Gasteiger partial charge in [-0.05, 0) is 51.8 Å². The fourth-order valence-corrected chi connectivity index (χ4v) is 4.04. The van der Waals surface area contributed by atoms with Gasteiger partial charge in [0, 0.05) is 23.3 Å². The Morgan fingerprint density at radius 2 is 1.80 bits per heavy atom. The van der Waals surface area contributed by atoms with E-state index in [0.29, 0.717) is 28.4 Å². The Balaban J connectivity index is 1.90. The maximum atomic E-state index is 11.1. The highest BCUT2D eigenvalue weighted by Gasteiger charge is 2.23. The summed E-state index contributed by atoms with van der Waals surface area (Å²) < 4.78 is 11.7. The smallest absolute Gasteiger partial charge is 0.174 e. The number of anilines is 1. The van der Waals surface area contributed by atoms with E-state index in [9.17, 15) is 5.11 Å². The Morgan fingerprint density at radius 1 is 0.967 bits per heavy atom. The summed E-state index contributed by atoms with van der Waals surface area (Å²) in [5, 5.41) is 15.3. The van der Waals surface area contributed by atoms with Crippen molar-refractivity contribution < 1.29 is 14.6 Å². The number of phenols is 1. The van der Waals surface area contributed by atoms with Gasteiger partial charge in [-0.1, -0.05) is 24.3 Å². The number of hydrogen-bond donors (Lipinski definition) is 2. The Hall–Kier alpha value is -3.32. The number of aromatic nitrogens is 2. The van der Waals surface area contributed by atoms with Crippen LogP contribution in [0.2, 0.25) is 0 Å². The Bertz CT molecular complexity index is 1190. The Kier molecular flexibility index (Phi) is 5.72. The second kappa shape index (κ2) is 8.59. The lowest BCUT2D eigenvalue weighted by Crippen LogP contribution is -2.14. The average Bonchev–Trinajstić information content (AvgIpc) is 2.78. The van der Waals surface area contributed by atoms with E-state index in [1.807, 2.05) is 54.6 Å². The standard InChI is InChI=1S/C23H20BrN3O3/c1-29-18-13-15(12-17(24)23(18)30-2)20(27-19-7-3-4-10-25-19)16-9-8-14-6-5-11-26-21(14)22(16)28/h3-13,20,28H,1-2H3,(H,25,27). The molecule has 0 radical (unpaired) electrons. The molecule has 4 aromatic rings. The molecule has 0 spiro atoms. The molecule has 1 unspecified atom stereocenters. The summed E-state index contributed by atoms with van der Waals surface area (Å²) in [5.41, 5.74) is 2.07. The minimum absolute atomic E-state index is 0.118. The topological polar surface area (TPSA) is 76.5 Å². The third-order valence-electron chi connectivity index (χ3n) is 4.84. The Labute approximate surface area is 182 Å². The third-order valence-corrected chi connectivity index (χ3v) is 5.43. The maximum Gasteiger partial charge on any atom is 0.174 e. The largest absolute Gasteiger partial charge is 0.505 e. The number of hydrogen-bond acceptors (Lipinski definition) is 6. The SMILES string of the molecule is COc1cc(C(Nc2ccccn2)c2ccc3cccnc3c2O)cc(Br)c1OC. The number of methoxy groups -OCH3 is 2. The van der Waals surface area contributed by atoms with Crippen molar-refractivity contribution in [1.82, 2.24) is 9.97 Å². The fraction of sp³-hybridized carbons (Fsp3) is 0.130. The molecular formula is C23H20BrN3O3. The van der Waals surface area contributed by atoms with E-state index in [-0.39, 0.29) is 5.75 Å². The third kappa shape index (κ3) is 3.76. The first-order valence-corrected chi connectivity index (χ1v) is 10.1. The van der Waals surface area contributed by atoms with E-state index in [4.69, 9.17) is 9.47 Å². The van der Waals surface area contributed by atoms with Crippen molar-refractivity contribution >= 4 is 32.7 Å². The molecule has 2 N–H and O–H groups in total. The summed E-state index contributed by atoms with van der Waals surface area (Å²) in [7, 11) is 3.18. The van der Waals surface area contributed by atoms with E-state index >= 15 is 0 Å². The van der Waals surface area contributed by atoms with E-state index in [1.54, 1.807) is 26.6 Å². The number of fused-ring (bicyclic) bond motifs is 1. The first-order chi connectivity index (χ1) is 14.6. The van der Waals surface area contributed by atoms with E-state index in [2.05, 4.69) is 31.2 Å². The fourth-order valence-electron chi connectivity index (χ4n) is 3.42. The van der Waals surface area contributed by atoms with Crippen LogP contribution < -0.4 is 14.8 Å². The number of benzene rings is 2. The van der Waals surface area contributed by atoms with Crippen LogP contribution in [-0.4, -0.2) is 29.3 Å². The number of halogens is 1. The molecule has 0 saturated carbocycles. The van der Waals surface area contributed by atoms with Gasteiger partial charge in [-0.15, -0.1) is 0 Å². The van der Waals surface area contributed by atoms with Gasteiger partial charge in [0.1, 0.15) is 17.1 Å². The van der Waals surface area contributed by atoms with Crippen LogP contribution >= 0.6 is 15.9 Å². The van der Waals surface area contributed by atoms with Gasteiger partial charge >= 0.3 is 0 Å². The predicted octanol–water partition coefficient (Wildman–Crippen LogP) is 5.32. The molecule has 0 aliphatic rings. The van der Waals surface area contributed by atoms with Crippen LogP contribution in [0.25, 0.3) is 10.9 Å². The normalized spacial score (nSPS) is 11.8. The monoisotopic (exact) mass is 465 g/mol. The van der Waals surface area contributed by atoms with Crippen LogP contribution in [0.5, 0.6) is 17.2 Å². The lowest BCUT2D eigenvalue weighted by molar-refractivity contribution is 0.352. The van der Waals surface area contributed by atoms with Gasteiger partial charge < -0.3 is 19.9 Å². The highest BCUT2D eigenvalue weighted by atomic mass is 79.9. The van der Waals surface area contributed by atoms with Crippen molar-refractivity contribution in [3.8, 4) is 17.2 Å². The molecule has 2 aromatic heterocycles. The average molecular weight is 466 g/mol. The minimum Gasteiger partial charge on any atom is -0.505 e. The number of nitrogens with one attached hydrogen (secondary N) is 1. The second-order valence-corrected chi connectivity index (χ2v) is 7.46. The molecule has 6 nitrogen and oxygen atoms in total. The first-order valence-electron chi connectivity index (χ1n) is 9.28. The molecule has 1 atom stereocenters. The van der Waals surface area contributed by atoms with Crippen molar-refractivity contribution in [2.75, 3.05) is 19.5 Å². The quantitative estimate of drug-likeness (QED) is 0.401. The first kappa shape index (κ1) is 20.0. The lowest BCUT2D eigenvalue weighted by Gasteiger charge is -2.23. The number of pyridine rings is 2. The van der Waals surface area contributed by atoms with Gasteiger partial charge in [0.15, 0.2) is 11.5 Å². The van der Waals surface area contributed by atoms with Gasteiger partial charge in [0.25, 0.3) is 0 Å². The number of nitrogens with zero attached hydrogens (tertiary/aromatic N) is 2. The van der Waals surface area contributed by atoms with Gasteiger partial charge in [-0.2, -0.15) is 0 Å². The molecule has 30 heavy (non-hydrogen) atoms. The van der Waals surface area contributed by atoms with Gasteiger partial charge in [0.2, 0.25) is 0 Å². The molecule has 0 fully saturated rings. The van der Waals surface area contributed by atoms with Crippen LogP contribution in [-0.2, 0) is 0 Å². The van der Waals surface area contributed by atoms with Crippen molar-refractivity contribution in [3.05, 3.63) is 82.6 Å². The van der Waals surface area contributed by atoms with Gasteiger partial charge in [0.05, 0.1) is 24.7 Å². The summed E-state index contributed by atoms with van der Waals surface area (Å²) in [6, 6.07) is 16.6. The molecule has 2 aromatic carbocycles. The summed E-state index contributed by atoms with van der Waals surface area (Å²) in [4.78, 5) is 8.74. The van der Waals surface area contributed by atoms with Crippen molar-refractivity contribution in [3.63, 3.8) is 0 Å². The van der Waals surface area contributed by atoms with Crippen LogP contribution in [0.3, 0.4) is 0 Å². The molecular weight excluding hydrogens is 446 g/mol. The van der Waals surface area contributed by atoms with Crippen molar-refractivity contribution in [2.24, 2.45) is 0 Å². The zero-order valence-corrected chi connectivity index (χ0v) is 18.1. The molecule has 4 rings (SSSR count). The molecule has 152 valence electrons. The second-order valence-electron chi connectivity index (χ2n) is 6.61. The van der Waals surface area contributed by atoms with Crippen LogP contribution in [0.4, 0.5) is 5.82 Å². The molecule has 0 saturated heterocycles. The van der Waals surface area contributed by atoms with Gasteiger partial charge in [-0.3, -0.25) is 4.98 Å². The maximum absolute atomic E-state index is 11.1. The van der Waals surface area contributed by atoms with Crippen LogP contribution in [0, 0.1) is 0 Å². The molecule has 2 heterocycles. The number of aromatic hydroxyl groups is 1. The molecule has 0 aliphatic heterocycles. The predicted molar refractivity (Wildman–Crippen MR) is 120 cm³/mol. The van der Waals surface area contributed by atoms with E-state index in [1.165, 1.54) is 0 Å². The minimum atomic E-state index is -0.414. The van der Waals surface area contributed by atoms with Crippen molar-refractivity contribution in [2.45, 2.75) is 6.04 Å². The number of rotatable bonds is 6. The number of ether oxygens (including phenoxy) is 2. The molecule has 0 amide bonds. The highest BCUT2D eigenvalue weighted by Crippen LogP contribution is 2.42. The lowest BCUT2D eigenvalue weighted by atomic mass is 9.95. The Morgan fingerprint density at radius 3 is 2.53 bits per heavy atom. The molecule has 7 heteroatoms. The summed E-state index contributed by atoms with van der Waals surface area (Å²) >= 11 is 3.56. The van der Waals surface area contributed by atoms with Crippen LogP contribution in [0.15, 0.2) is 71.5 Å². The zero-order chi connectivity index (χ0) is 21.1. The van der Waals surface area contributed by atoms with Crippen molar-refractivity contribution in [1.29, 1.82) is 0 Å². The van der Waals surface area contributed by atoms with Crippen LogP contribution in [0.1, 0.15) is 17.2 Å². The highest BCUT2D eigenvalue weighted by molar-refractivity contribution is 9.10. The number of phenolic OH excluding ortho intramolecular Hbond substituents is 1. The zero-order valence-electron chi connectivity index (χ0n) is 16.5. The van der Waals surface area contributed by atoms with E-state index < -0.39 is 6.04 Å². The molecule has 0 aliphatic carbocycles. The molecule has 0 bridgehead atoms. The summed E-state index contributed by atoms with van der Waals surface area (Å²) in [5.74, 6) is 1.97.